The maximum atomic E-state index is 12.7. The first kappa shape index (κ1) is 24.3. The van der Waals surface area contributed by atoms with Gasteiger partial charge in [-0.25, -0.2) is 4.79 Å². The van der Waals surface area contributed by atoms with Gasteiger partial charge in [-0.1, -0.05) is 0 Å². The molecule has 0 bridgehead atoms. The van der Waals surface area contributed by atoms with Crippen LogP contribution in [-0.2, 0) is 27.4 Å². The van der Waals surface area contributed by atoms with Crippen LogP contribution in [0, 0.1) is 12.8 Å². The highest BCUT2D eigenvalue weighted by molar-refractivity contribution is 7.11. The van der Waals surface area contributed by atoms with Crippen LogP contribution < -0.4 is 5.32 Å². The second-order valence-corrected chi connectivity index (χ2v) is 9.11. The van der Waals surface area contributed by atoms with Gasteiger partial charge >= 0.3 is 12.1 Å². The van der Waals surface area contributed by atoms with Crippen LogP contribution in [0.25, 0.3) is 0 Å². The van der Waals surface area contributed by atoms with Gasteiger partial charge in [0.25, 0.3) is 0 Å². The van der Waals surface area contributed by atoms with Crippen molar-refractivity contribution in [3.05, 3.63) is 46.0 Å². The molecule has 0 saturated carbocycles. The normalized spacial score (nSPS) is 23.2. The maximum absolute atomic E-state index is 12.7. The highest BCUT2D eigenvalue weighted by atomic mass is 32.1. The number of nitrogens with zero attached hydrogens (tertiary/aromatic N) is 1. The average molecular weight is 475 g/mol. The number of hydrogen-bond acceptors (Lipinski definition) is 6. The topological polar surface area (TPSA) is 92.0 Å². The van der Waals surface area contributed by atoms with Crippen molar-refractivity contribution in [2.45, 2.75) is 51.2 Å². The van der Waals surface area contributed by atoms with E-state index in [4.69, 9.17) is 19.1 Å². The Hall–Kier alpha value is -2.37. The molecule has 176 valence electrons. The first-order valence-corrected chi connectivity index (χ1v) is 11.0. The van der Waals surface area contributed by atoms with Crippen LogP contribution in [0.15, 0.2) is 34.9 Å². The number of carboxylic acids is 1. The fourth-order valence-corrected chi connectivity index (χ4v) is 4.84. The maximum Gasteiger partial charge on any atom is 0.490 e. The van der Waals surface area contributed by atoms with Gasteiger partial charge in [0, 0.05) is 35.5 Å². The number of alkyl halides is 3. The molecule has 0 aromatic carbocycles. The number of amides is 1. The molecule has 32 heavy (non-hydrogen) atoms. The number of aliphatic carboxylic acids is 1. The number of fused-ring (bicyclic) bond motifs is 1. The van der Waals surface area contributed by atoms with Crippen molar-refractivity contribution in [3.8, 4) is 0 Å². The molecule has 0 radical (unpaired) electrons. The van der Waals surface area contributed by atoms with Gasteiger partial charge < -0.3 is 19.6 Å². The van der Waals surface area contributed by atoms with Crippen LogP contribution in [-0.4, -0.2) is 53.4 Å². The Morgan fingerprint density at radius 1 is 1.31 bits per heavy atom. The second-order valence-electron chi connectivity index (χ2n) is 7.74. The summed E-state index contributed by atoms with van der Waals surface area (Å²) in [5.41, 5.74) is 0. The standard InChI is InChI=1S/C19H24N2O3S.C2HF3O2/c1-13-4-5-16(25-13)12-21-11-14(9-18-17(21)6-8-24-18)19(22)20-10-15-3-2-7-23-15;3-2(4,5)1(6)7/h2-5,7,14,17-18H,6,8-12H2,1H3,(H,20,22);(H,6,7)/t14-,17+,18+;/m0./s1. The number of hydrogen-bond donors (Lipinski definition) is 2. The fourth-order valence-electron chi connectivity index (χ4n) is 3.93. The predicted octanol–water partition coefficient (Wildman–Crippen LogP) is 3.58. The molecule has 2 aliphatic rings. The third kappa shape index (κ3) is 6.57. The van der Waals surface area contributed by atoms with E-state index in [9.17, 15) is 18.0 Å². The minimum Gasteiger partial charge on any atom is -0.475 e. The van der Waals surface area contributed by atoms with Gasteiger partial charge in [-0.05, 0) is 44.0 Å². The molecular formula is C21H25F3N2O5S. The number of thiophene rings is 1. The lowest BCUT2D eigenvalue weighted by Crippen LogP contribution is -2.52. The minimum absolute atomic E-state index is 0.0321. The molecule has 4 heterocycles. The van der Waals surface area contributed by atoms with Crippen molar-refractivity contribution >= 4 is 23.2 Å². The van der Waals surface area contributed by atoms with Crippen LogP contribution >= 0.6 is 11.3 Å². The SMILES string of the molecule is Cc1ccc(CN2C[C@@H](C(=O)NCc3ccco3)C[C@H]3OCC[C@H]32)s1.O=C(O)C(F)(F)F. The summed E-state index contributed by atoms with van der Waals surface area (Å²) in [5.74, 6) is -1.91. The lowest BCUT2D eigenvalue weighted by atomic mass is 9.89. The summed E-state index contributed by atoms with van der Waals surface area (Å²) in [5, 5.41) is 10.1. The number of rotatable bonds is 5. The lowest BCUT2D eigenvalue weighted by molar-refractivity contribution is -0.192. The highest BCUT2D eigenvalue weighted by Crippen LogP contribution is 2.33. The summed E-state index contributed by atoms with van der Waals surface area (Å²) >= 11 is 1.84. The predicted molar refractivity (Wildman–Crippen MR) is 110 cm³/mol. The first-order valence-electron chi connectivity index (χ1n) is 10.1. The summed E-state index contributed by atoms with van der Waals surface area (Å²) in [6.45, 7) is 5.09. The van der Waals surface area contributed by atoms with E-state index < -0.39 is 12.1 Å². The Morgan fingerprint density at radius 3 is 2.66 bits per heavy atom. The molecule has 0 aliphatic carbocycles. The number of furan rings is 1. The number of ether oxygens (including phenoxy) is 1. The van der Waals surface area contributed by atoms with Crippen molar-refractivity contribution in [1.29, 1.82) is 0 Å². The molecule has 0 unspecified atom stereocenters. The summed E-state index contributed by atoms with van der Waals surface area (Å²) in [6, 6.07) is 8.52. The van der Waals surface area contributed by atoms with Gasteiger partial charge in [-0.3, -0.25) is 9.69 Å². The van der Waals surface area contributed by atoms with E-state index in [1.54, 1.807) is 6.26 Å². The van der Waals surface area contributed by atoms with Crippen molar-refractivity contribution < 1.29 is 37.0 Å². The number of carbonyl (C=O) groups is 2. The van der Waals surface area contributed by atoms with Gasteiger partial charge in [0.2, 0.25) is 5.91 Å². The van der Waals surface area contributed by atoms with E-state index in [0.717, 1.165) is 38.3 Å². The lowest BCUT2D eigenvalue weighted by Gasteiger charge is -2.40. The Morgan fingerprint density at radius 2 is 2.06 bits per heavy atom. The Labute approximate surface area is 187 Å². The van der Waals surface area contributed by atoms with Gasteiger partial charge in [0.15, 0.2) is 0 Å². The third-order valence-electron chi connectivity index (χ3n) is 5.40. The van der Waals surface area contributed by atoms with Gasteiger partial charge in [-0.2, -0.15) is 13.2 Å². The number of aryl methyl sites for hydroxylation is 1. The quantitative estimate of drug-likeness (QED) is 0.688. The highest BCUT2D eigenvalue weighted by Gasteiger charge is 2.42. The van der Waals surface area contributed by atoms with Crippen LogP contribution in [0.3, 0.4) is 0 Å². The second kappa shape index (κ2) is 10.5. The molecule has 4 rings (SSSR count). The van der Waals surface area contributed by atoms with Gasteiger partial charge in [0.1, 0.15) is 5.76 Å². The minimum atomic E-state index is -5.08. The van der Waals surface area contributed by atoms with E-state index in [1.165, 1.54) is 9.75 Å². The zero-order valence-corrected chi connectivity index (χ0v) is 18.2. The van der Waals surface area contributed by atoms with Crippen molar-refractivity contribution in [2.75, 3.05) is 13.2 Å². The average Bonchev–Trinajstić information content (AvgIpc) is 3.48. The van der Waals surface area contributed by atoms with Crippen LogP contribution in [0.2, 0.25) is 0 Å². The molecule has 2 saturated heterocycles. The van der Waals surface area contributed by atoms with Gasteiger partial charge in [0.05, 0.1) is 24.8 Å². The molecule has 2 fully saturated rings. The largest absolute Gasteiger partial charge is 0.490 e. The smallest absolute Gasteiger partial charge is 0.475 e. The van der Waals surface area contributed by atoms with Crippen LogP contribution in [0.1, 0.15) is 28.4 Å². The monoisotopic (exact) mass is 474 g/mol. The summed E-state index contributed by atoms with van der Waals surface area (Å²) in [7, 11) is 0. The Bertz CT molecular complexity index is 900. The van der Waals surface area contributed by atoms with Crippen molar-refractivity contribution in [3.63, 3.8) is 0 Å². The van der Waals surface area contributed by atoms with E-state index in [0.29, 0.717) is 12.6 Å². The number of halogens is 3. The summed E-state index contributed by atoms with van der Waals surface area (Å²) in [6.07, 6.45) is -1.40. The fraction of sp³-hybridized carbons (Fsp3) is 0.524. The number of carbonyl (C=O) groups excluding carboxylic acids is 1. The number of likely N-dealkylation sites (tertiary alicyclic amines) is 1. The first-order chi connectivity index (χ1) is 15.1. The van der Waals surface area contributed by atoms with Crippen LogP contribution in [0.5, 0.6) is 0 Å². The zero-order valence-electron chi connectivity index (χ0n) is 17.4. The summed E-state index contributed by atoms with van der Waals surface area (Å²) in [4.78, 5) is 26.7. The number of nitrogens with one attached hydrogen (secondary N) is 1. The molecule has 2 aromatic rings. The van der Waals surface area contributed by atoms with E-state index in [1.807, 2.05) is 23.5 Å². The molecule has 3 atom stereocenters. The van der Waals surface area contributed by atoms with Crippen molar-refractivity contribution in [2.24, 2.45) is 5.92 Å². The van der Waals surface area contributed by atoms with Crippen LogP contribution in [0.4, 0.5) is 13.2 Å². The molecule has 2 aromatic heterocycles. The molecule has 11 heteroatoms. The Kier molecular flexibility index (Phi) is 7.96. The third-order valence-corrected chi connectivity index (χ3v) is 6.39. The number of carboxylic acid groups (broad SMARTS) is 1. The zero-order chi connectivity index (χ0) is 23.3. The van der Waals surface area contributed by atoms with Crippen molar-refractivity contribution in [1.82, 2.24) is 10.2 Å². The van der Waals surface area contributed by atoms with E-state index in [2.05, 4.69) is 29.3 Å². The molecule has 7 nitrogen and oxygen atoms in total. The van der Waals surface area contributed by atoms with Gasteiger partial charge in [-0.15, -0.1) is 11.3 Å². The molecule has 2 N–H and O–H groups in total. The Balaban J connectivity index is 0.000000360. The molecule has 0 spiro atoms. The molecule has 1 amide bonds. The molecule has 2 aliphatic heterocycles. The molecular weight excluding hydrogens is 449 g/mol. The number of piperidine rings is 1. The van der Waals surface area contributed by atoms with E-state index >= 15 is 0 Å². The summed E-state index contributed by atoms with van der Waals surface area (Å²) < 4.78 is 43.0. The van der Waals surface area contributed by atoms with E-state index in [-0.39, 0.29) is 17.9 Å².